The van der Waals surface area contributed by atoms with E-state index in [1.807, 2.05) is 0 Å². The van der Waals surface area contributed by atoms with Crippen LogP contribution in [0, 0.1) is 0 Å². The molecular weight excluding hydrogens is 160 g/mol. The smallest absolute Gasteiger partial charge is 0.182 e. The number of nitrogen functional groups attached to an aromatic ring is 1. The Balaban J connectivity index is 3.01. The van der Waals surface area contributed by atoms with Gasteiger partial charge in [0.25, 0.3) is 0 Å². The minimum atomic E-state index is -0.0651. The molecule has 0 saturated carbocycles. The lowest BCUT2D eigenvalue weighted by Crippen LogP contribution is -2.20. The maximum absolute atomic E-state index is 9.14. The molecule has 0 saturated heterocycles. The van der Waals surface area contributed by atoms with Crippen LogP contribution in [-0.4, -0.2) is 33.2 Å². The number of hydrogen-bond donors (Lipinski definition) is 3. The van der Waals surface area contributed by atoms with E-state index in [-0.39, 0.29) is 24.5 Å². The highest BCUT2D eigenvalue weighted by atomic mass is 16.5. The predicted molar refractivity (Wildman–Crippen MR) is 41.3 cm³/mol. The number of nitrogens with zero attached hydrogens (tertiary/aromatic N) is 3. The summed E-state index contributed by atoms with van der Waals surface area (Å²) < 4.78 is 0.762. The molecule has 1 aromatic heterocycles. The lowest BCUT2D eigenvalue weighted by Gasteiger charge is -1.97. The first kappa shape index (κ1) is 8.54. The van der Waals surface area contributed by atoms with E-state index < -0.39 is 0 Å². The predicted octanol–water partition coefficient (Wildman–Crippen LogP) is -1.40. The van der Waals surface area contributed by atoms with E-state index in [9.17, 15) is 0 Å². The van der Waals surface area contributed by atoms with Gasteiger partial charge in [0.05, 0.1) is 25.5 Å². The second kappa shape index (κ2) is 3.72. The molecule has 0 radical (unpaired) electrons. The zero-order valence-corrected chi connectivity index (χ0v) is 6.38. The van der Waals surface area contributed by atoms with Crippen LogP contribution >= 0.6 is 0 Å². The monoisotopic (exact) mass is 170 g/mol. The van der Waals surface area contributed by atoms with Gasteiger partial charge >= 0.3 is 0 Å². The number of hydrogen-bond acceptors (Lipinski definition) is 5. The third-order valence-electron chi connectivity index (χ3n) is 1.19. The van der Waals surface area contributed by atoms with Gasteiger partial charge in [0, 0.05) is 0 Å². The molecule has 6 nitrogen and oxygen atoms in total. The van der Waals surface area contributed by atoms with Gasteiger partial charge in [-0.2, -0.15) is 4.73 Å². The Morgan fingerprint density at radius 2 is 2.42 bits per heavy atom. The minimum absolute atomic E-state index is 0.0651. The summed E-state index contributed by atoms with van der Waals surface area (Å²) in [5.41, 5.74) is 5.54. The molecule has 0 bridgehead atoms. The molecule has 6 heteroatoms. The second-order valence-corrected chi connectivity index (χ2v) is 2.12. The third-order valence-corrected chi connectivity index (χ3v) is 1.19. The largest absolute Gasteiger partial charge is 0.427 e. The molecule has 1 rings (SSSR count). The van der Waals surface area contributed by atoms with Crippen molar-refractivity contribution in [3.05, 3.63) is 17.9 Å². The van der Waals surface area contributed by atoms with Crippen LogP contribution in [0.3, 0.4) is 0 Å². The fraction of sp³-hybridized carbons (Fsp3) is 0.333. The van der Waals surface area contributed by atoms with E-state index in [1.165, 1.54) is 12.4 Å². The number of aliphatic hydroxyl groups excluding tert-OH is 1. The van der Waals surface area contributed by atoms with Crippen LogP contribution in [0.1, 0.15) is 0 Å². The summed E-state index contributed by atoms with van der Waals surface area (Å²) in [7, 11) is 0. The molecule has 0 aliphatic heterocycles. The number of nitrogens with two attached hydrogens (primary N) is 1. The molecule has 0 aromatic carbocycles. The first-order valence-electron chi connectivity index (χ1n) is 3.39. The molecule has 0 atom stereocenters. The van der Waals surface area contributed by atoms with Gasteiger partial charge in [-0.05, 0) is 0 Å². The van der Waals surface area contributed by atoms with Gasteiger partial charge in [-0.3, -0.25) is 4.99 Å². The van der Waals surface area contributed by atoms with Crippen molar-refractivity contribution >= 4 is 5.82 Å². The van der Waals surface area contributed by atoms with Crippen molar-refractivity contribution in [1.29, 1.82) is 0 Å². The van der Waals surface area contributed by atoms with Crippen molar-refractivity contribution in [1.82, 2.24) is 9.71 Å². The van der Waals surface area contributed by atoms with Crippen molar-refractivity contribution in [3.8, 4) is 0 Å². The lowest BCUT2D eigenvalue weighted by molar-refractivity contribution is 0.170. The van der Waals surface area contributed by atoms with Crippen LogP contribution in [0.5, 0.6) is 0 Å². The summed E-state index contributed by atoms with van der Waals surface area (Å²) in [4.78, 5) is 7.52. The summed E-state index contributed by atoms with van der Waals surface area (Å²) in [6.45, 7) is 0.163. The number of aliphatic hydroxyl groups is 1. The highest BCUT2D eigenvalue weighted by Gasteiger charge is 1.90. The first-order chi connectivity index (χ1) is 5.74. The first-order valence-corrected chi connectivity index (χ1v) is 3.39. The molecule has 0 aliphatic rings. The molecule has 0 aliphatic carbocycles. The van der Waals surface area contributed by atoms with Crippen molar-refractivity contribution in [3.63, 3.8) is 0 Å². The van der Waals surface area contributed by atoms with Crippen molar-refractivity contribution < 1.29 is 10.3 Å². The van der Waals surface area contributed by atoms with Crippen molar-refractivity contribution in [2.24, 2.45) is 4.99 Å². The normalized spacial score (nSPS) is 11.9. The van der Waals surface area contributed by atoms with Crippen molar-refractivity contribution in [2.45, 2.75) is 0 Å². The van der Waals surface area contributed by atoms with Crippen LogP contribution in [0.25, 0.3) is 0 Å². The van der Waals surface area contributed by atoms with Crippen LogP contribution in [0.2, 0.25) is 0 Å². The molecule has 0 fully saturated rings. The van der Waals surface area contributed by atoms with E-state index in [2.05, 4.69) is 9.98 Å². The fourth-order valence-corrected chi connectivity index (χ4v) is 0.694. The maximum Gasteiger partial charge on any atom is 0.182 e. The summed E-state index contributed by atoms with van der Waals surface area (Å²) >= 11 is 0. The summed E-state index contributed by atoms with van der Waals surface area (Å²) in [5.74, 6) is 0.209. The molecule has 4 N–H and O–H groups in total. The van der Waals surface area contributed by atoms with Gasteiger partial charge in [-0.15, -0.1) is 0 Å². The Labute approximate surface area is 68.6 Å². The second-order valence-electron chi connectivity index (χ2n) is 2.12. The quantitative estimate of drug-likeness (QED) is 0.475. The van der Waals surface area contributed by atoms with Gasteiger partial charge in [0.15, 0.2) is 5.49 Å². The topological polar surface area (TPSA) is 96.7 Å². The highest BCUT2D eigenvalue weighted by Crippen LogP contribution is 1.86. The number of anilines is 1. The molecular formula is C6H10N4O2. The molecule has 0 spiro atoms. The van der Waals surface area contributed by atoms with E-state index >= 15 is 0 Å². The van der Waals surface area contributed by atoms with Crippen LogP contribution in [-0.2, 0) is 0 Å². The molecule has 66 valence electrons. The third kappa shape index (κ3) is 1.96. The summed E-state index contributed by atoms with van der Waals surface area (Å²) in [6, 6.07) is 0. The summed E-state index contributed by atoms with van der Waals surface area (Å²) in [5, 5.41) is 17.6. The van der Waals surface area contributed by atoms with E-state index in [0.29, 0.717) is 0 Å². The van der Waals surface area contributed by atoms with Gasteiger partial charge in [-0.25, -0.2) is 4.98 Å². The van der Waals surface area contributed by atoms with Gasteiger partial charge < -0.3 is 16.0 Å². The van der Waals surface area contributed by atoms with E-state index in [0.717, 1.165) is 4.73 Å². The Morgan fingerprint density at radius 3 is 3.00 bits per heavy atom. The van der Waals surface area contributed by atoms with Crippen LogP contribution in [0.4, 0.5) is 5.82 Å². The Bertz CT molecular complexity index is 320. The summed E-state index contributed by atoms with van der Waals surface area (Å²) in [6.07, 6.45) is 2.56. The lowest BCUT2D eigenvalue weighted by atomic mass is 10.6. The van der Waals surface area contributed by atoms with Gasteiger partial charge in [0.2, 0.25) is 0 Å². The van der Waals surface area contributed by atoms with Gasteiger partial charge in [-0.1, -0.05) is 0 Å². The SMILES string of the molecule is Nc1cn(O)c(=NCCO)cn1. The molecule has 12 heavy (non-hydrogen) atoms. The van der Waals surface area contributed by atoms with Crippen LogP contribution < -0.4 is 11.2 Å². The molecule has 1 aromatic rings. The van der Waals surface area contributed by atoms with E-state index in [1.54, 1.807) is 0 Å². The zero-order chi connectivity index (χ0) is 8.97. The minimum Gasteiger partial charge on any atom is -0.427 e. The average Bonchev–Trinajstić information content (AvgIpc) is 2.03. The standard InChI is InChI=1S/C6H10N4O2/c7-5-4-10(12)6(3-9-5)8-1-2-11/h3-4,11-12H,1-2,7H2. The Hall–Kier alpha value is -1.56. The highest BCUT2D eigenvalue weighted by molar-refractivity contribution is 5.20. The molecule has 0 unspecified atom stereocenters. The maximum atomic E-state index is 9.14. The average molecular weight is 170 g/mol. The van der Waals surface area contributed by atoms with Crippen LogP contribution in [0.15, 0.2) is 17.4 Å². The molecule has 0 amide bonds. The van der Waals surface area contributed by atoms with E-state index in [4.69, 9.17) is 16.0 Å². The number of aromatic nitrogens is 2. The van der Waals surface area contributed by atoms with Crippen molar-refractivity contribution in [2.75, 3.05) is 18.9 Å². The Kier molecular flexibility index (Phi) is 2.65. The van der Waals surface area contributed by atoms with Gasteiger partial charge in [0.1, 0.15) is 5.82 Å². The zero-order valence-electron chi connectivity index (χ0n) is 6.38. The Morgan fingerprint density at radius 1 is 1.67 bits per heavy atom. The fourth-order valence-electron chi connectivity index (χ4n) is 0.694. The number of rotatable bonds is 2. The molecule has 1 heterocycles.